The predicted molar refractivity (Wildman–Crippen MR) is 116 cm³/mol. The molecule has 28 heavy (non-hydrogen) atoms. The van der Waals surface area contributed by atoms with E-state index in [1.807, 2.05) is 47.5 Å². The quantitative estimate of drug-likeness (QED) is 0.455. The fraction of sp³-hybridized carbons (Fsp3) is 0.261. The van der Waals surface area contributed by atoms with E-state index in [2.05, 4.69) is 30.5 Å². The van der Waals surface area contributed by atoms with E-state index < -0.39 is 0 Å². The van der Waals surface area contributed by atoms with Gasteiger partial charge in [0.25, 0.3) is 5.91 Å². The van der Waals surface area contributed by atoms with E-state index in [0.29, 0.717) is 36.1 Å². The zero-order chi connectivity index (χ0) is 20.1. The van der Waals surface area contributed by atoms with Crippen LogP contribution in [0, 0.1) is 5.92 Å². The maximum atomic E-state index is 13.2. The van der Waals surface area contributed by atoms with Crippen LogP contribution in [0.15, 0.2) is 66.9 Å². The van der Waals surface area contributed by atoms with Crippen molar-refractivity contribution in [2.75, 3.05) is 6.54 Å². The zero-order valence-electron chi connectivity index (χ0n) is 16.1. The van der Waals surface area contributed by atoms with Crippen LogP contribution in [0.3, 0.4) is 0 Å². The maximum absolute atomic E-state index is 13.2. The molecule has 3 aromatic rings. The van der Waals surface area contributed by atoms with E-state index in [-0.39, 0.29) is 5.91 Å². The lowest BCUT2D eigenvalue weighted by atomic mass is 10.1. The molecule has 0 saturated carbocycles. The van der Waals surface area contributed by atoms with Gasteiger partial charge in [-0.2, -0.15) is 0 Å². The van der Waals surface area contributed by atoms with Gasteiger partial charge in [0.15, 0.2) is 0 Å². The summed E-state index contributed by atoms with van der Waals surface area (Å²) in [6.07, 6.45) is 2.03. The Labute approximate surface area is 176 Å². The van der Waals surface area contributed by atoms with Crippen molar-refractivity contribution in [1.29, 1.82) is 0 Å². The maximum Gasteiger partial charge on any atom is 0.255 e. The number of benzene rings is 2. The minimum absolute atomic E-state index is 0.0465. The normalized spacial score (nSPS) is 11.0. The van der Waals surface area contributed by atoms with Gasteiger partial charge < -0.3 is 9.47 Å². The molecule has 0 unspecified atom stereocenters. The molecule has 1 amide bonds. The third-order valence-corrected chi connectivity index (χ3v) is 5.06. The number of hydrogen-bond acceptors (Lipinski definition) is 1. The van der Waals surface area contributed by atoms with Gasteiger partial charge in [-0.25, -0.2) is 0 Å². The van der Waals surface area contributed by atoms with Gasteiger partial charge in [0.05, 0.1) is 17.1 Å². The molecule has 0 bridgehead atoms. The molecule has 0 fully saturated rings. The zero-order valence-corrected chi connectivity index (χ0v) is 17.6. The van der Waals surface area contributed by atoms with Crippen molar-refractivity contribution in [3.8, 4) is 0 Å². The van der Waals surface area contributed by atoms with Crippen LogP contribution in [0.25, 0.3) is 0 Å². The first-order chi connectivity index (χ1) is 13.4. The lowest BCUT2D eigenvalue weighted by Gasteiger charge is -2.26. The Bertz CT molecular complexity index is 949. The van der Waals surface area contributed by atoms with Crippen LogP contribution in [0.2, 0.25) is 10.0 Å². The minimum Gasteiger partial charge on any atom is -0.345 e. The molecular weight excluding hydrogens is 391 g/mol. The first-order valence-electron chi connectivity index (χ1n) is 9.36. The number of rotatable bonds is 7. The summed E-state index contributed by atoms with van der Waals surface area (Å²) in [5.41, 5.74) is 2.73. The van der Waals surface area contributed by atoms with Crippen LogP contribution in [0.4, 0.5) is 0 Å². The van der Waals surface area contributed by atoms with Gasteiger partial charge >= 0.3 is 0 Å². The fourth-order valence-corrected chi connectivity index (χ4v) is 3.67. The molecule has 5 heteroatoms. The second-order valence-corrected chi connectivity index (χ2v) is 8.16. The fourth-order valence-electron chi connectivity index (χ4n) is 3.24. The van der Waals surface area contributed by atoms with E-state index in [0.717, 1.165) is 16.3 Å². The van der Waals surface area contributed by atoms with E-state index >= 15 is 0 Å². The van der Waals surface area contributed by atoms with Gasteiger partial charge in [0.2, 0.25) is 0 Å². The molecule has 1 heterocycles. The molecule has 0 N–H and O–H groups in total. The molecular formula is C23H24Cl2N2O. The second-order valence-electron chi connectivity index (χ2n) is 7.32. The van der Waals surface area contributed by atoms with Gasteiger partial charge in [-0.15, -0.1) is 0 Å². The molecule has 3 rings (SSSR count). The summed E-state index contributed by atoms with van der Waals surface area (Å²) in [7, 11) is 0. The molecule has 0 radical (unpaired) electrons. The SMILES string of the molecule is CC(C)CN(Cc1cccn1Cc1cccc(Cl)c1)C(=O)c1ccccc1Cl. The lowest BCUT2D eigenvalue weighted by Crippen LogP contribution is -2.34. The first-order valence-corrected chi connectivity index (χ1v) is 10.1. The summed E-state index contributed by atoms with van der Waals surface area (Å²) in [5, 5.41) is 1.21. The van der Waals surface area contributed by atoms with E-state index in [1.54, 1.807) is 12.1 Å². The molecule has 2 aromatic carbocycles. The van der Waals surface area contributed by atoms with Gasteiger partial charge in [0.1, 0.15) is 0 Å². The summed E-state index contributed by atoms with van der Waals surface area (Å²) in [4.78, 5) is 15.0. The van der Waals surface area contributed by atoms with Crippen molar-refractivity contribution in [1.82, 2.24) is 9.47 Å². The second kappa shape index (κ2) is 9.31. The van der Waals surface area contributed by atoms with Crippen molar-refractivity contribution < 1.29 is 4.79 Å². The Morgan fingerprint density at radius 2 is 1.82 bits per heavy atom. The summed E-state index contributed by atoms with van der Waals surface area (Å²) in [6, 6.07) is 19.1. The number of nitrogens with zero attached hydrogens (tertiary/aromatic N) is 2. The molecule has 0 aliphatic rings. The molecule has 0 atom stereocenters. The summed E-state index contributed by atoms with van der Waals surface area (Å²) in [5.74, 6) is 0.303. The van der Waals surface area contributed by atoms with Gasteiger partial charge in [-0.3, -0.25) is 4.79 Å². The average molecular weight is 415 g/mol. The molecule has 0 saturated heterocycles. The van der Waals surface area contributed by atoms with Crippen molar-refractivity contribution in [2.24, 2.45) is 5.92 Å². The highest BCUT2D eigenvalue weighted by Crippen LogP contribution is 2.20. The Morgan fingerprint density at radius 3 is 2.54 bits per heavy atom. The molecule has 0 aliphatic carbocycles. The summed E-state index contributed by atoms with van der Waals surface area (Å²) >= 11 is 12.4. The van der Waals surface area contributed by atoms with Gasteiger partial charge in [-0.1, -0.05) is 61.3 Å². The Hall–Kier alpha value is -2.23. The highest BCUT2D eigenvalue weighted by atomic mass is 35.5. The lowest BCUT2D eigenvalue weighted by molar-refractivity contribution is 0.0719. The molecule has 3 nitrogen and oxygen atoms in total. The van der Waals surface area contributed by atoms with Crippen LogP contribution < -0.4 is 0 Å². The Kier molecular flexibility index (Phi) is 6.82. The third kappa shape index (κ3) is 5.18. The summed E-state index contributed by atoms with van der Waals surface area (Å²) < 4.78 is 2.15. The molecule has 0 aliphatic heterocycles. The Balaban J connectivity index is 1.83. The van der Waals surface area contributed by atoms with Crippen LogP contribution in [-0.4, -0.2) is 21.9 Å². The van der Waals surface area contributed by atoms with Crippen LogP contribution in [0.1, 0.15) is 35.5 Å². The highest BCUT2D eigenvalue weighted by Gasteiger charge is 2.20. The number of carbonyl (C=O) groups excluding carboxylic acids is 1. The third-order valence-electron chi connectivity index (χ3n) is 4.50. The number of aromatic nitrogens is 1. The van der Waals surface area contributed by atoms with Gasteiger partial charge in [-0.05, 0) is 47.9 Å². The average Bonchev–Trinajstić information content (AvgIpc) is 3.07. The number of carbonyl (C=O) groups is 1. The molecule has 0 spiro atoms. The number of halogens is 2. The van der Waals surface area contributed by atoms with Crippen LogP contribution >= 0.6 is 23.2 Å². The largest absolute Gasteiger partial charge is 0.345 e. The monoisotopic (exact) mass is 414 g/mol. The van der Waals surface area contributed by atoms with Crippen molar-refractivity contribution in [3.05, 3.63) is 93.7 Å². The van der Waals surface area contributed by atoms with Crippen molar-refractivity contribution in [2.45, 2.75) is 26.9 Å². The topological polar surface area (TPSA) is 25.2 Å². The molecule has 146 valence electrons. The summed E-state index contributed by atoms with van der Waals surface area (Å²) in [6.45, 7) is 6.11. The standard InChI is InChI=1S/C23H24Cl2N2O/c1-17(2)14-27(23(28)21-10-3-4-11-22(21)25)16-20-9-6-12-26(20)15-18-7-5-8-19(24)13-18/h3-13,17H,14-16H2,1-2H3. The van der Waals surface area contributed by atoms with Crippen LogP contribution in [-0.2, 0) is 13.1 Å². The van der Waals surface area contributed by atoms with Crippen molar-refractivity contribution >= 4 is 29.1 Å². The predicted octanol–water partition coefficient (Wildman–Crippen LogP) is 6.14. The molecule has 1 aromatic heterocycles. The first kappa shape index (κ1) is 20.5. The number of hydrogen-bond donors (Lipinski definition) is 0. The Morgan fingerprint density at radius 1 is 1.04 bits per heavy atom. The number of amides is 1. The van der Waals surface area contributed by atoms with Gasteiger partial charge in [0, 0.05) is 30.0 Å². The van der Waals surface area contributed by atoms with E-state index in [1.165, 1.54) is 0 Å². The van der Waals surface area contributed by atoms with Crippen LogP contribution in [0.5, 0.6) is 0 Å². The van der Waals surface area contributed by atoms with E-state index in [4.69, 9.17) is 23.2 Å². The minimum atomic E-state index is -0.0465. The smallest absolute Gasteiger partial charge is 0.255 e. The van der Waals surface area contributed by atoms with Crippen molar-refractivity contribution in [3.63, 3.8) is 0 Å². The highest BCUT2D eigenvalue weighted by molar-refractivity contribution is 6.33. The van der Waals surface area contributed by atoms with E-state index in [9.17, 15) is 4.79 Å².